The van der Waals surface area contributed by atoms with Crippen molar-refractivity contribution in [2.45, 2.75) is 11.8 Å². The molecule has 110 valence electrons. The van der Waals surface area contributed by atoms with E-state index in [0.29, 0.717) is 5.56 Å². The van der Waals surface area contributed by atoms with E-state index in [1.54, 1.807) is 0 Å². The zero-order valence-corrected chi connectivity index (χ0v) is 11.8. The number of aromatic nitrogens is 1. The first kappa shape index (κ1) is 14.7. The number of nitro benzene ring substituents is 1. The summed E-state index contributed by atoms with van der Waals surface area (Å²) in [6, 6.07) is 6.65. The summed E-state index contributed by atoms with van der Waals surface area (Å²) in [6.07, 6.45) is 1.13. The van der Waals surface area contributed by atoms with Gasteiger partial charge in [0.05, 0.1) is 4.92 Å². The SMILES string of the molecule is Cc1cc(NS(=O)(=O)c2ccc(N)nc2)ccc1[N+](=O)[O-]. The quantitative estimate of drug-likeness (QED) is 0.653. The molecule has 1 aromatic carbocycles. The van der Waals surface area contributed by atoms with Crippen LogP contribution in [-0.2, 0) is 10.0 Å². The van der Waals surface area contributed by atoms with E-state index in [-0.39, 0.29) is 22.1 Å². The minimum atomic E-state index is -3.82. The molecule has 0 radical (unpaired) electrons. The van der Waals surface area contributed by atoms with Gasteiger partial charge in [-0.15, -0.1) is 0 Å². The first-order valence-electron chi connectivity index (χ1n) is 5.79. The summed E-state index contributed by atoms with van der Waals surface area (Å²) in [5.74, 6) is 0.208. The van der Waals surface area contributed by atoms with Crippen LogP contribution in [0.5, 0.6) is 0 Å². The molecule has 1 heterocycles. The number of hydrogen-bond acceptors (Lipinski definition) is 6. The Morgan fingerprint density at radius 3 is 2.52 bits per heavy atom. The van der Waals surface area contributed by atoms with Crippen LogP contribution in [0.4, 0.5) is 17.2 Å². The molecule has 0 fully saturated rings. The molecule has 0 aliphatic rings. The molecule has 21 heavy (non-hydrogen) atoms. The van der Waals surface area contributed by atoms with Gasteiger partial charge >= 0.3 is 0 Å². The van der Waals surface area contributed by atoms with Crippen LogP contribution in [0.2, 0.25) is 0 Å². The van der Waals surface area contributed by atoms with E-state index >= 15 is 0 Å². The number of nitrogens with two attached hydrogens (primary N) is 1. The number of nitrogen functional groups attached to an aromatic ring is 1. The molecule has 2 aromatic rings. The van der Waals surface area contributed by atoms with Crippen LogP contribution in [0.25, 0.3) is 0 Å². The van der Waals surface area contributed by atoms with Gasteiger partial charge in [0.15, 0.2) is 0 Å². The summed E-state index contributed by atoms with van der Waals surface area (Å²) >= 11 is 0. The maximum atomic E-state index is 12.1. The highest BCUT2D eigenvalue weighted by Crippen LogP contribution is 2.23. The molecule has 0 unspecified atom stereocenters. The number of anilines is 2. The minimum absolute atomic E-state index is 0.0484. The van der Waals surface area contributed by atoms with Crippen molar-refractivity contribution in [2.75, 3.05) is 10.5 Å². The average Bonchev–Trinajstić information content (AvgIpc) is 2.38. The van der Waals surface area contributed by atoms with Crippen molar-refractivity contribution >= 4 is 27.2 Å². The topological polar surface area (TPSA) is 128 Å². The molecule has 0 aliphatic carbocycles. The van der Waals surface area contributed by atoms with Crippen LogP contribution in [0.3, 0.4) is 0 Å². The van der Waals surface area contributed by atoms with Crippen molar-refractivity contribution in [3.8, 4) is 0 Å². The van der Waals surface area contributed by atoms with Crippen LogP contribution >= 0.6 is 0 Å². The zero-order chi connectivity index (χ0) is 15.6. The third-order valence-corrected chi connectivity index (χ3v) is 4.08. The smallest absolute Gasteiger partial charge is 0.272 e. The number of rotatable bonds is 4. The van der Waals surface area contributed by atoms with Gasteiger partial charge in [-0.05, 0) is 31.2 Å². The largest absolute Gasteiger partial charge is 0.384 e. The molecule has 9 heteroatoms. The number of sulfonamides is 1. The minimum Gasteiger partial charge on any atom is -0.384 e. The van der Waals surface area contributed by atoms with Crippen LogP contribution in [0, 0.1) is 17.0 Å². The van der Waals surface area contributed by atoms with Crippen molar-refractivity contribution < 1.29 is 13.3 Å². The maximum Gasteiger partial charge on any atom is 0.272 e. The fourth-order valence-corrected chi connectivity index (χ4v) is 2.68. The number of benzene rings is 1. The van der Waals surface area contributed by atoms with E-state index in [4.69, 9.17) is 5.73 Å². The standard InChI is InChI=1S/C12H12N4O4S/c1-8-6-9(2-4-11(8)16(17)18)15-21(19,20)10-3-5-12(13)14-7-10/h2-7,15H,1H3,(H2,13,14). The number of aryl methyl sites for hydroxylation is 1. The molecule has 0 bridgehead atoms. The predicted octanol–water partition coefficient (Wildman–Crippen LogP) is 1.68. The summed E-state index contributed by atoms with van der Waals surface area (Å²) in [7, 11) is -3.82. The van der Waals surface area contributed by atoms with E-state index in [1.165, 1.54) is 37.3 Å². The van der Waals surface area contributed by atoms with Gasteiger partial charge in [0.25, 0.3) is 15.7 Å². The Morgan fingerprint density at radius 1 is 1.29 bits per heavy atom. The second kappa shape index (κ2) is 5.37. The van der Waals surface area contributed by atoms with Crippen molar-refractivity contribution in [3.63, 3.8) is 0 Å². The van der Waals surface area contributed by atoms with Gasteiger partial charge in [-0.3, -0.25) is 14.8 Å². The molecular formula is C12H12N4O4S. The summed E-state index contributed by atoms with van der Waals surface area (Å²) in [5.41, 5.74) is 5.91. The molecule has 8 nitrogen and oxygen atoms in total. The van der Waals surface area contributed by atoms with E-state index in [0.717, 1.165) is 6.20 Å². The Kier molecular flexibility index (Phi) is 3.76. The Balaban J connectivity index is 2.31. The second-order valence-electron chi connectivity index (χ2n) is 4.28. The van der Waals surface area contributed by atoms with Crippen LogP contribution in [-0.4, -0.2) is 18.3 Å². The zero-order valence-electron chi connectivity index (χ0n) is 11.0. The van der Waals surface area contributed by atoms with Gasteiger partial charge in [-0.25, -0.2) is 13.4 Å². The van der Waals surface area contributed by atoms with E-state index in [1.807, 2.05) is 0 Å². The monoisotopic (exact) mass is 308 g/mol. The molecule has 0 atom stereocenters. The lowest BCUT2D eigenvalue weighted by Crippen LogP contribution is -2.13. The molecule has 2 rings (SSSR count). The lowest BCUT2D eigenvalue weighted by Gasteiger charge is -2.08. The summed E-state index contributed by atoms with van der Waals surface area (Å²) < 4.78 is 26.6. The third-order valence-electron chi connectivity index (χ3n) is 2.72. The van der Waals surface area contributed by atoms with Gasteiger partial charge in [0.2, 0.25) is 0 Å². The third kappa shape index (κ3) is 3.26. The number of nitrogens with one attached hydrogen (secondary N) is 1. The van der Waals surface area contributed by atoms with Gasteiger partial charge in [0.1, 0.15) is 10.7 Å². The molecule has 0 saturated heterocycles. The summed E-state index contributed by atoms with van der Waals surface area (Å²) in [4.78, 5) is 13.9. The number of pyridine rings is 1. The highest BCUT2D eigenvalue weighted by molar-refractivity contribution is 7.92. The number of hydrogen-bond donors (Lipinski definition) is 2. The Labute approximate surface area is 120 Å². The molecule has 0 aliphatic heterocycles. The molecule has 0 saturated carbocycles. The second-order valence-corrected chi connectivity index (χ2v) is 5.97. The Hall–Kier alpha value is -2.68. The summed E-state index contributed by atoms with van der Waals surface area (Å²) in [6.45, 7) is 1.53. The van der Waals surface area contributed by atoms with Crippen LogP contribution in [0.1, 0.15) is 5.56 Å². The lowest BCUT2D eigenvalue weighted by atomic mass is 10.2. The Morgan fingerprint density at radius 2 is 2.00 bits per heavy atom. The van der Waals surface area contributed by atoms with Crippen LogP contribution < -0.4 is 10.5 Å². The summed E-state index contributed by atoms with van der Waals surface area (Å²) in [5, 5.41) is 10.7. The first-order chi connectivity index (χ1) is 9.79. The molecular weight excluding hydrogens is 296 g/mol. The lowest BCUT2D eigenvalue weighted by molar-refractivity contribution is -0.385. The predicted molar refractivity (Wildman–Crippen MR) is 77.3 cm³/mol. The van der Waals surface area contributed by atoms with Crippen molar-refractivity contribution in [1.29, 1.82) is 0 Å². The molecule has 0 amide bonds. The first-order valence-corrected chi connectivity index (χ1v) is 7.27. The van der Waals surface area contributed by atoms with E-state index in [9.17, 15) is 18.5 Å². The van der Waals surface area contributed by atoms with E-state index in [2.05, 4.69) is 9.71 Å². The fourth-order valence-electron chi connectivity index (χ4n) is 1.69. The van der Waals surface area contributed by atoms with Crippen molar-refractivity contribution in [1.82, 2.24) is 4.98 Å². The highest BCUT2D eigenvalue weighted by atomic mass is 32.2. The van der Waals surface area contributed by atoms with Crippen LogP contribution in [0.15, 0.2) is 41.4 Å². The van der Waals surface area contributed by atoms with E-state index < -0.39 is 14.9 Å². The average molecular weight is 308 g/mol. The van der Waals surface area contributed by atoms with Crippen molar-refractivity contribution in [2.24, 2.45) is 0 Å². The number of nitrogens with zero attached hydrogens (tertiary/aromatic N) is 2. The maximum absolute atomic E-state index is 12.1. The Bertz CT molecular complexity index is 787. The van der Waals surface area contributed by atoms with Gasteiger partial charge in [0, 0.05) is 23.5 Å². The van der Waals surface area contributed by atoms with Gasteiger partial charge in [-0.2, -0.15) is 0 Å². The van der Waals surface area contributed by atoms with Crippen molar-refractivity contribution in [3.05, 3.63) is 52.2 Å². The molecule has 3 N–H and O–H groups in total. The fraction of sp³-hybridized carbons (Fsp3) is 0.0833. The molecule has 1 aromatic heterocycles. The van der Waals surface area contributed by atoms with Gasteiger partial charge < -0.3 is 5.73 Å². The molecule has 0 spiro atoms. The number of nitro groups is 1. The van der Waals surface area contributed by atoms with Gasteiger partial charge in [-0.1, -0.05) is 0 Å². The highest BCUT2D eigenvalue weighted by Gasteiger charge is 2.16. The normalized spacial score (nSPS) is 11.1.